The van der Waals surface area contributed by atoms with Gasteiger partial charge in [-0.25, -0.2) is 0 Å². The summed E-state index contributed by atoms with van der Waals surface area (Å²) in [5.74, 6) is 0.971. The third-order valence-electron chi connectivity index (χ3n) is 4.24. The molecule has 0 radical (unpaired) electrons. The topological polar surface area (TPSA) is 108 Å². The molecular weight excluding hydrogens is 380 g/mol. The Kier molecular flexibility index (Phi) is 7.53. The van der Waals surface area contributed by atoms with Crippen molar-refractivity contribution >= 4 is 17.9 Å². The van der Waals surface area contributed by atoms with E-state index in [9.17, 15) is 19.7 Å². The number of amides is 1. The van der Waals surface area contributed by atoms with Crippen LogP contribution in [0.5, 0.6) is 17.2 Å². The zero-order chi connectivity index (χ0) is 21.4. The Morgan fingerprint density at radius 3 is 2.38 bits per heavy atom. The van der Waals surface area contributed by atoms with Crippen LogP contribution in [0.2, 0.25) is 0 Å². The number of methoxy groups -OCH3 is 2. The summed E-state index contributed by atoms with van der Waals surface area (Å²) in [6, 6.07) is 9.01. The van der Waals surface area contributed by atoms with Gasteiger partial charge in [0.1, 0.15) is 5.75 Å². The minimum absolute atomic E-state index is 0.00920. The summed E-state index contributed by atoms with van der Waals surface area (Å²) in [4.78, 5) is 35.5. The van der Waals surface area contributed by atoms with Crippen molar-refractivity contribution in [3.63, 3.8) is 0 Å². The predicted octanol–water partition coefficient (Wildman–Crippen LogP) is 2.85. The molecule has 2 aromatic rings. The molecule has 0 saturated heterocycles. The Hall–Kier alpha value is -3.62. The van der Waals surface area contributed by atoms with E-state index in [0.717, 1.165) is 11.6 Å². The van der Waals surface area contributed by atoms with Crippen molar-refractivity contribution in [2.24, 2.45) is 0 Å². The van der Waals surface area contributed by atoms with E-state index in [2.05, 4.69) is 0 Å². The fourth-order valence-electron chi connectivity index (χ4n) is 2.68. The number of benzene rings is 2. The minimum Gasteiger partial charge on any atom is -0.493 e. The number of nitro benzene ring substituents is 1. The van der Waals surface area contributed by atoms with E-state index in [1.54, 1.807) is 24.1 Å². The maximum atomic E-state index is 12.6. The van der Waals surface area contributed by atoms with Gasteiger partial charge in [-0.05, 0) is 30.7 Å². The van der Waals surface area contributed by atoms with Crippen LogP contribution in [0.3, 0.4) is 0 Å². The van der Waals surface area contributed by atoms with Gasteiger partial charge in [0.25, 0.3) is 11.6 Å². The first kappa shape index (κ1) is 21.7. The second-order valence-electron chi connectivity index (χ2n) is 5.98. The van der Waals surface area contributed by atoms with E-state index in [1.807, 2.05) is 13.0 Å². The number of nitro groups is 1. The van der Waals surface area contributed by atoms with Crippen molar-refractivity contribution in [3.8, 4) is 17.2 Å². The highest BCUT2D eigenvalue weighted by molar-refractivity contribution is 5.82. The number of carbonyl (C=O) groups excluding carboxylic acids is 2. The number of ether oxygens (including phenoxy) is 3. The molecule has 0 saturated carbocycles. The summed E-state index contributed by atoms with van der Waals surface area (Å²) < 4.78 is 15.9. The molecule has 0 unspecified atom stereocenters. The number of rotatable bonds is 10. The number of carbonyl (C=O) groups is 2. The van der Waals surface area contributed by atoms with Gasteiger partial charge in [0.2, 0.25) is 0 Å². The Morgan fingerprint density at radius 1 is 1.10 bits per heavy atom. The summed E-state index contributed by atoms with van der Waals surface area (Å²) in [7, 11) is 3.08. The average molecular weight is 402 g/mol. The van der Waals surface area contributed by atoms with Gasteiger partial charge in [-0.2, -0.15) is 0 Å². The Morgan fingerprint density at radius 2 is 1.79 bits per heavy atom. The lowest BCUT2D eigenvalue weighted by Gasteiger charge is -2.22. The minimum atomic E-state index is -0.607. The van der Waals surface area contributed by atoms with Crippen LogP contribution in [0.15, 0.2) is 36.4 Å². The predicted molar refractivity (Wildman–Crippen MR) is 105 cm³/mol. The molecule has 0 heterocycles. The van der Waals surface area contributed by atoms with Gasteiger partial charge in [-0.15, -0.1) is 0 Å². The monoisotopic (exact) mass is 402 g/mol. The average Bonchev–Trinajstić information content (AvgIpc) is 2.75. The molecule has 0 atom stereocenters. The van der Waals surface area contributed by atoms with Gasteiger partial charge in [-0.1, -0.05) is 6.07 Å². The fourth-order valence-corrected chi connectivity index (χ4v) is 2.68. The van der Waals surface area contributed by atoms with Gasteiger partial charge in [0.05, 0.1) is 24.7 Å². The summed E-state index contributed by atoms with van der Waals surface area (Å²) in [6.07, 6.45) is 0.452. The van der Waals surface area contributed by atoms with Crippen molar-refractivity contribution in [2.75, 3.05) is 27.4 Å². The van der Waals surface area contributed by atoms with Crippen molar-refractivity contribution in [3.05, 3.63) is 57.6 Å². The molecule has 0 fully saturated rings. The highest BCUT2D eigenvalue weighted by atomic mass is 16.6. The van der Waals surface area contributed by atoms with Crippen molar-refractivity contribution in [1.29, 1.82) is 0 Å². The molecule has 29 heavy (non-hydrogen) atoms. The van der Waals surface area contributed by atoms with E-state index in [4.69, 9.17) is 14.2 Å². The first-order chi connectivity index (χ1) is 13.9. The lowest BCUT2D eigenvalue weighted by atomic mass is 10.2. The molecule has 0 aliphatic carbocycles. The summed E-state index contributed by atoms with van der Waals surface area (Å²) in [5, 5.41) is 10.8. The van der Waals surface area contributed by atoms with Gasteiger partial charge < -0.3 is 19.1 Å². The number of likely N-dealkylation sites (N-methyl/N-ethyl adjacent to an activating group) is 1. The number of non-ortho nitro benzene ring substituents is 1. The van der Waals surface area contributed by atoms with E-state index >= 15 is 0 Å². The fraction of sp³-hybridized carbons (Fsp3) is 0.300. The second-order valence-corrected chi connectivity index (χ2v) is 5.98. The molecule has 2 aromatic carbocycles. The lowest BCUT2D eigenvalue weighted by molar-refractivity contribution is -0.384. The van der Waals surface area contributed by atoms with Gasteiger partial charge >= 0.3 is 0 Å². The summed E-state index contributed by atoms with van der Waals surface area (Å²) in [5.41, 5.74) is 0.631. The first-order valence-electron chi connectivity index (χ1n) is 8.78. The molecule has 0 aliphatic heterocycles. The third kappa shape index (κ3) is 5.44. The second kappa shape index (κ2) is 10.1. The van der Waals surface area contributed by atoms with E-state index in [0.29, 0.717) is 30.9 Å². The number of nitrogens with zero attached hydrogens (tertiary/aromatic N) is 2. The molecular formula is C20H22N2O7. The first-order valence-corrected chi connectivity index (χ1v) is 8.78. The van der Waals surface area contributed by atoms with Crippen molar-refractivity contribution in [2.45, 2.75) is 13.5 Å². The van der Waals surface area contributed by atoms with Gasteiger partial charge in [-0.3, -0.25) is 19.7 Å². The standard InChI is InChI=1S/C20H22N2O7/c1-4-21(11-14-5-7-18(27-2)19(9-14)28-3)20(24)13-29-17-8-6-16(22(25)26)10-15(17)12-23/h5-10,12H,4,11,13H2,1-3H3. The van der Waals surface area contributed by atoms with Crippen LogP contribution < -0.4 is 14.2 Å². The molecule has 154 valence electrons. The van der Waals surface area contributed by atoms with Crippen LogP contribution in [0.4, 0.5) is 5.69 Å². The maximum absolute atomic E-state index is 12.6. The Labute approximate surface area is 167 Å². The Bertz CT molecular complexity index is 898. The summed E-state index contributed by atoms with van der Waals surface area (Å²) in [6.45, 7) is 2.30. The van der Waals surface area contributed by atoms with Crippen LogP contribution in [-0.2, 0) is 11.3 Å². The highest BCUT2D eigenvalue weighted by Crippen LogP contribution is 2.28. The molecule has 1 amide bonds. The van der Waals surface area contributed by atoms with Crippen LogP contribution in [0.1, 0.15) is 22.8 Å². The third-order valence-corrected chi connectivity index (χ3v) is 4.24. The van der Waals surface area contributed by atoms with Crippen LogP contribution in [0.25, 0.3) is 0 Å². The van der Waals surface area contributed by atoms with Crippen molar-refractivity contribution in [1.82, 2.24) is 4.90 Å². The molecule has 0 N–H and O–H groups in total. The van der Waals surface area contributed by atoms with Crippen LogP contribution in [-0.4, -0.2) is 49.4 Å². The van der Waals surface area contributed by atoms with Crippen LogP contribution >= 0.6 is 0 Å². The molecule has 0 aromatic heterocycles. The molecule has 0 bridgehead atoms. The highest BCUT2D eigenvalue weighted by Gasteiger charge is 2.17. The maximum Gasteiger partial charge on any atom is 0.270 e. The molecule has 0 spiro atoms. The van der Waals surface area contributed by atoms with Gasteiger partial charge in [0.15, 0.2) is 24.4 Å². The number of aldehydes is 1. The zero-order valence-corrected chi connectivity index (χ0v) is 16.4. The SMILES string of the molecule is CCN(Cc1ccc(OC)c(OC)c1)C(=O)COc1ccc([N+](=O)[O-])cc1C=O. The molecule has 9 heteroatoms. The van der Waals surface area contributed by atoms with E-state index in [1.165, 1.54) is 19.2 Å². The molecule has 0 aliphatic rings. The Balaban J connectivity index is 2.07. The van der Waals surface area contributed by atoms with E-state index in [-0.39, 0.29) is 29.5 Å². The quantitative estimate of drug-likeness (QED) is 0.341. The smallest absolute Gasteiger partial charge is 0.270 e. The largest absolute Gasteiger partial charge is 0.493 e. The normalized spacial score (nSPS) is 10.2. The number of hydrogen-bond acceptors (Lipinski definition) is 7. The zero-order valence-electron chi connectivity index (χ0n) is 16.4. The molecule has 9 nitrogen and oxygen atoms in total. The molecule has 2 rings (SSSR count). The van der Waals surface area contributed by atoms with Gasteiger partial charge in [0, 0.05) is 25.2 Å². The lowest BCUT2D eigenvalue weighted by Crippen LogP contribution is -2.34. The summed E-state index contributed by atoms with van der Waals surface area (Å²) >= 11 is 0. The van der Waals surface area contributed by atoms with E-state index < -0.39 is 4.92 Å². The van der Waals surface area contributed by atoms with Crippen molar-refractivity contribution < 1.29 is 28.7 Å². The van der Waals surface area contributed by atoms with Crippen LogP contribution in [0, 0.1) is 10.1 Å². The number of hydrogen-bond donors (Lipinski definition) is 0.